The molecule has 4 nitrogen and oxygen atoms in total. The highest BCUT2D eigenvalue weighted by Crippen LogP contribution is 2.30. The van der Waals surface area contributed by atoms with E-state index in [0.29, 0.717) is 0 Å². The Morgan fingerprint density at radius 2 is 1.95 bits per heavy atom. The van der Waals surface area contributed by atoms with E-state index in [0.717, 1.165) is 35.7 Å². The topological polar surface area (TPSA) is 55.0 Å². The summed E-state index contributed by atoms with van der Waals surface area (Å²) in [6.07, 6.45) is 4.13. The quantitative estimate of drug-likeness (QED) is 0.676. The highest BCUT2D eigenvalue weighted by molar-refractivity contribution is 6.28. The first-order valence-electron chi connectivity index (χ1n) is 6.37. The van der Waals surface area contributed by atoms with E-state index in [9.17, 15) is 0 Å². The van der Waals surface area contributed by atoms with E-state index in [1.54, 1.807) is 6.20 Å². The molecule has 0 aliphatic carbocycles. The minimum atomic E-state index is 0.250. The number of nitrogen functional groups attached to an aromatic ring is 1. The number of aromatic nitrogens is 2. The number of anilines is 2. The van der Waals surface area contributed by atoms with Crippen LogP contribution in [-0.4, -0.2) is 23.1 Å². The lowest BCUT2D eigenvalue weighted by molar-refractivity contribution is 0.949. The molecule has 0 amide bonds. The van der Waals surface area contributed by atoms with Crippen LogP contribution >= 0.6 is 11.6 Å². The molecule has 1 saturated heterocycles. The van der Waals surface area contributed by atoms with E-state index in [2.05, 4.69) is 20.9 Å². The fourth-order valence-corrected chi connectivity index (χ4v) is 2.60. The van der Waals surface area contributed by atoms with Crippen LogP contribution in [0.3, 0.4) is 0 Å². The smallest absolute Gasteiger partial charge is 0.222 e. The molecule has 98 valence electrons. The lowest BCUT2D eigenvalue weighted by atomic mass is 10.1. The van der Waals surface area contributed by atoms with Crippen molar-refractivity contribution in [2.75, 3.05) is 23.7 Å². The van der Waals surface area contributed by atoms with Gasteiger partial charge in [0.15, 0.2) is 0 Å². The highest BCUT2D eigenvalue weighted by atomic mass is 35.5. The van der Waals surface area contributed by atoms with Gasteiger partial charge in [0.2, 0.25) is 5.28 Å². The van der Waals surface area contributed by atoms with Crippen LogP contribution in [-0.2, 0) is 0 Å². The highest BCUT2D eigenvalue weighted by Gasteiger charge is 2.15. The standard InChI is InChI=1S/C14H15ClN4/c15-14-17-6-5-12(18-14)10-3-4-13(11(16)9-10)19-7-1-2-8-19/h3-6,9H,1-2,7-8,16H2. The fraction of sp³-hybridized carbons (Fsp3) is 0.286. The normalized spacial score (nSPS) is 14.9. The zero-order valence-electron chi connectivity index (χ0n) is 10.5. The van der Waals surface area contributed by atoms with Crippen molar-refractivity contribution in [2.24, 2.45) is 0 Å². The molecule has 0 bridgehead atoms. The van der Waals surface area contributed by atoms with Crippen LogP contribution in [0.1, 0.15) is 12.8 Å². The van der Waals surface area contributed by atoms with Crippen molar-refractivity contribution in [1.82, 2.24) is 9.97 Å². The molecule has 0 saturated carbocycles. The van der Waals surface area contributed by atoms with E-state index >= 15 is 0 Å². The van der Waals surface area contributed by atoms with E-state index < -0.39 is 0 Å². The molecule has 2 N–H and O–H groups in total. The minimum Gasteiger partial charge on any atom is -0.397 e. The van der Waals surface area contributed by atoms with E-state index in [1.165, 1.54) is 12.8 Å². The molecule has 19 heavy (non-hydrogen) atoms. The molecule has 1 aliphatic heterocycles. The number of hydrogen-bond donors (Lipinski definition) is 1. The zero-order chi connectivity index (χ0) is 13.2. The van der Waals surface area contributed by atoms with Crippen LogP contribution in [0.25, 0.3) is 11.3 Å². The van der Waals surface area contributed by atoms with Crippen LogP contribution in [0.4, 0.5) is 11.4 Å². The van der Waals surface area contributed by atoms with Gasteiger partial charge < -0.3 is 10.6 Å². The van der Waals surface area contributed by atoms with Gasteiger partial charge in [0.25, 0.3) is 0 Å². The molecule has 0 spiro atoms. The van der Waals surface area contributed by atoms with Gasteiger partial charge >= 0.3 is 0 Å². The van der Waals surface area contributed by atoms with Gasteiger partial charge in [-0.2, -0.15) is 0 Å². The van der Waals surface area contributed by atoms with Gasteiger partial charge in [0, 0.05) is 24.8 Å². The SMILES string of the molecule is Nc1cc(-c2ccnc(Cl)n2)ccc1N1CCCC1. The van der Waals surface area contributed by atoms with Crippen molar-refractivity contribution in [2.45, 2.75) is 12.8 Å². The molecule has 2 aromatic rings. The predicted molar refractivity (Wildman–Crippen MR) is 78.3 cm³/mol. The van der Waals surface area contributed by atoms with Crippen LogP contribution in [0.5, 0.6) is 0 Å². The summed E-state index contributed by atoms with van der Waals surface area (Å²) in [5.74, 6) is 0. The lowest BCUT2D eigenvalue weighted by Gasteiger charge is -2.20. The largest absolute Gasteiger partial charge is 0.397 e. The Balaban J connectivity index is 1.94. The van der Waals surface area contributed by atoms with Gasteiger partial charge in [-0.25, -0.2) is 9.97 Å². The van der Waals surface area contributed by atoms with Crippen molar-refractivity contribution >= 4 is 23.0 Å². The second-order valence-electron chi connectivity index (χ2n) is 4.68. The van der Waals surface area contributed by atoms with E-state index in [1.807, 2.05) is 18.2 Å². The number of halogens is 1. The summed E-state index contributed by atoms with van der Waals surface area (Å²) in [6, 6.07) is 7.87. The van der Waals surface area contributed by atoms with E-state index in [4.69, 9.17) is 17.3 Å². The van der Waals surface area contributed by atoms with Gasteiger partial charge in [0.1, 0.15) is 0 Å². The molecular weight excluding hydrogens is 260 g/mol. The van der Waals surface area contributed by atoms with Gasteiger partial charge in [0.05, 0.1) is 17.1 Å². The average molecular weight is 275 g/mol. The molecular formula is C14H15ClN4. The van der Waals surface area contributed by atoms with Crippen molar-refractivity contribution in [3.05, 3.63) is 35.7 Å². The molecule has 0 radical (unpaired) electrons. The van der Waals surface area contributed by atoms with Crippen LogP contribution < -0.4 is 10.6 Å². The van der Waals surface area contributed by atoms with E-state index in [-0.39, 0.29) is 5.28 Å². The number of nitrogens with two attached hydrogens (primary N) is 1. The Morgan fingerprint density at radius 3 is 2.63 bits per heavy atom. The molecule has 0 atom stereocenters. The number of benzene rings is 1. The van der Waals surface area contributed by atoms with Crippen molar-refractivity contribution < 1.29 is 0 Å². The van der Waals surface area contributed by atoms with Gasteiger partial charge in [-0.15, -0.1) is 0 Å². The molecule has 1 aromatic heterocycles. The minimum absolute atomic E-state index is 0.250. The Kier molecular flexibility index (Phi) is 3.25. The molecule has 5 heteroatoms. The summed E-state index contributed by atoms with van der Waals surface area (Å²) in [4.78, 5) is 10.4. The molecule has 1 fully saturated rings. The summed E-state index contributed by atoms with van der Waals surface area (Å²) >= 11 is 5.81. The molecule has 3 rings (SSSR count). The predicted octanol–water partition coefficient (Wildman–Crippen LogP) is 2.98. The van der Waals surface area contributed by atoms with Gasteiger partial charge in [-0.1, -0.05) is 6.07 Å². The third kappa shape index (κ3) is 2.49. The summed E-state index contributed by atoms with van der Waals surface area (Å²) in [5.41, 5.74) is 9.81. The van der Waals surface area contributed by atoms with Gasteiger partial charge in [-0.3, -0.25) is 0 Å². The Labute approximate surface area is 117 Å². The zero-order valence-corrected chi connectivity index (χ0v) is 11.3. The monoisotopic (exact) mass is 274 g/mol. The van der Waals surface area contributed by atoms with Gasteiger partial charge in [-0.05, 0) is 42.6 Å². The number of hydrogen-bond acceptors (Lipinski definition) is 4. The first-order valence-corrected chi connectivity index (χ1v) is 6.75. The maximum absolute atomic E-state index is 6.16. The average Bonchev–Trinajstić information content (AvgIpc) is 2.92. The maximum atomic E-state index is 6.16. The first-order chi connectivity index (χ1) is 9.24. The third-order valence-electron chi connectivity index (χ3n) is 3.40. The van der Waals surface area contributed by atoms with Crippen LogP contribution in [0.15, 0.2) is 30.5 Å². The summed E-state index contributed by atoms with van der Waals surface area (Å²) in [5, 5.41) is 0.250. The fourth-order valence-electron chi connectivity index (χ4n) is 2.46. The second kappa shape index (κ2) is 5.05. The Morgan fingerprint density at radius 1 is 1.16 bits per heavy atom. The summed E-state index contributed by atoms with van der Waals surface area (Å²) in [7, 11) is 0. The van der Waals surface area contributed by atoms with Crippen LogP contribution in [0, 0.1) is 0 Å². The van der Waals surface area contributed by atoms with Crippen molar-refractivity contribution in [3.8, 4) is 11.3 Å². The summed E-state index contributed by atoms with van der Waals surface area (Å²) in [6.45, 7) is 2.17. The van der Waals surface area contributed by atoms with Crippen molar-refractivity contribution in [1.29, 1.82) is 0 Å². The second-order valence-corrected chi connectivity index (χ2v) is 5.02. The molecule has 1 aliphatic rings. The number of rotatable bonds is 2. The number of nitrogens with zero attached hydrogens (tertiary/aromatic N) is 3. The Hall–Kier alpha value is -1.81. The molecule has 2 heterocycles. The third-order valence-corrected chi connectivity index (χ3v) is 3.58. The lowest BCUT2D eigenvalue weighted by Crippen LogP contribution is -2.18. The molecule has 0 unspecified atom stereocenters. The molecule has 1 aromatic carbocycles. The van der Waals surface area contributed by atoms with Crippen molar-refractivity contribution in [3.63, 3.8) is 0 Å². The van der Waals surface area contributed by atoms with Crippen LogP contribution in [0.2, 0.25) is 5.28 Å². The maximum Gasteiger partial charge on any atom is 0.222 e. The summed E-state index contributed by atoms with van der Waals surface area (Å²) < 4.78 is 0. The Bertz CT molecular complexity index is 594. The first kappa shape index (κ1) is 12.2.